The Morgan fingerprint density at radius 3 is 2.74 bits per heavy atom. The molecule has 4 heteroatoms. The maximum Gasteiger partial charge on any atom is 0.0593 e. The van der Waals surface area contributed by atoms with Crippen molar-refractivity contribution in [3.05, 3.63) is 0 Å². The van der Waals surface area contributed by atoms with E-state index in [-0.39, 0.29) is 0 Å². The van der Waals surface area contributed by atoms with E-state index in [1.807, 2.05) is 0 Å². The molecule has 0 bridgehead atoms. The fraction of sp³-hybridized carbons (Fsp3) is 1.00. The standard InChI is InChI=1S/C15H32N2O2/c1-4-8-16-12-15(7-10-19-14-15)13-17(5-2)9-11-18-6-3/h16H,4-14H2,1-3H3. The Kier molecular flexibility index (Phi) is 8.62. The minimum Gasteiger partial charge on any atom is -0.381 e. The first-order valence-electron chi connectivity index (χ1n) is 7.85. The van der Waals surface area contributed by atoms with Crippen molar-refractivity contribution in [2.24, 2.45) is 5.41 Å². The fourth-order valence-corrected chi connectivity index (χ4v) is 2.66. The van der Waals surface area contributed by atoms with E-state index in [1.165, 1.54) is 12.8 Å². The minimum absolute atomic E-state index is 0.303. The van der Waals surface area contributed by atoms with Crippen LogP contribution in [0, 0.1) is 5.41 Å². The third kappa shape index (κ3) is 6.21. The summed E-state index contributed by atoms with van der Waals surface area (Å²) in [6.45, 7) is 15.4. The van der Waals surface area contributed by atoms with Crippen LogP contribution in [0.25, 0.3) is 0 Å². The number of likely N-dealkylation sites (N-methyl/N-ethyl adjacent to an activating group) is 1. The first-order chi connectivity index (χ1) is 9.26. The lowest BCUT2D eigenvalue weighted by molar-refractivity contribution is 0.0779. The molecule has 0 amide bonds. The van der Waals surface area contributed by atoms with Gasteiger partial charge in [-0.25, -0.2) is 0 Å². The van der Waals surface area contributed by atoms with Crippen LogP contribution in [0.5, 0.6) is 0 Å². The number of nitrogens with zero attached hydrogens (tertiary/aromatic N) is 1. The summed E-state index contributed by atoms with van der Waals surface area (Å²) in [5.41, 5.74) is 0.303. The minimum atomic E-state index is 0.303. The Labute approximate surface area is 118 Å². The molecule has 114 valence electrons. The highest BCUT2D eigenvalue weighted by molar-refractivity contribution is 4.88. The van der Waals surface area contributed by atoms with Gasteiger partial charge in [0.05, 0.1) is 13.2 Å². The lowest BCUT2D eigenvalue weighted by atomic mass is 9.86. The average Bonchev–Trinajstić information content (AvgIpc) is 2.87. The molecule has 1 heterocycles. The Morgan fingerprint density at radius 2 is 2.16 bits per heavy atom. The van der Waals surface area contributed by atoms with E-state index in [9.17, 15) is 0 Å². The molecule has 1 aliphatic heterocycles. The molecule has 1 rings (SSSR count). The molecule has 1 aliphatic rings. The number of hydrogen-bond donors (Lipinski definition) is 1. The monoisotopic (exact) mass is 272 g/mol. The summed E-state index contributed by atoms with van der Waals surface area (Å²) in [5, 5.41) is 3.58. The first-order valence-corrected chi connectivity index (χ1v) is 7.85. The van der Waals surface area contributed by atoms with E-state index in [0.29, 0.717) is 5.41 Å². The zero-order valence-corrected chi connectivity index (χ0v) is 13.0. The topological polar surface area (TPSA) is 33.7 Å². The third-order valence-corrected chi connectivity index (χ3v) is 3.87. The van der Waals surface area contributed by atoms with Crippen LogP contribution in [0.3, 0.4) is 0 Å². The fourth-order valence-electron chi connectivity index (χ4n) is 2.66. The van der Waals surface area contributed by atoms with Crippen molar-refractivity contribution < 1.29 is 9.47 Å². The van der Waals surface area contributed by atoms with Crippen LogP contribution in [-0.4, -0.2) is 64.1 Å². The predicted molar refractivity (Wildman–Crippen MR) is 79.6 cm³/mol. The lowest BCUT2D eigenvalue weighted by Crippen LogP contribution is -2.45. The zero-order chi connectivity index (χ0) is 14.0. The summed E-state index contributed by atoms with van der Waals surface area (Å²) in [6.07, 6.45) is 2.37. The van der Waals surface area contributed by atoms with Gasteiger partial charge in [-0.1, -0.05) is 13.8 Å². The molecule has 0 radical (unpaired) electrons. The van der Waals surface area contributed by atoms with Gasteiger partial charge >= 0.3 is 0 Å². The maximum atomic E-state index is 5.66. The highest BCUT2D eigenvalue weighted by Gasteiger charge is 2.35. The second kappa shape index (κ2) is 9.70. The van der Waals surface area contributed by atoms with E-state index in [0.717, 1.165) is 59.2 Å². The zero-order valence-electron chi connectivity index (χ0n) is 13.0. The van der Waals surface area contributed by atoms with Gasteiger partial charge in [0.2, 0.25) is 0 Å². The molecule has 0 aromatic carbocycles. The lowest BCUT2D eigenvalue weighted by Gasteiger charge is -2.34. The Morgan fingerprint density at radius 1 is 1.32 bits per heavy atom. The van der Waals surface area contributed by atoms with Crippen molar-refractivity contribution in [1.82, 2.24) is 10.2 Å². The van der Waals surface area contributed by atoms with Crippen LogP contribution in [0.4, 0.5) is 0 Å². The first kappa shape index (κ1) is 16.9. The van der Waals surface area contributed by atoms with E-state index < -0.39 is 0 Å². The molecule has 1 saturated heterocycles. The van der Waals surface area contributed by atoms with Crippen LogP contribution in [0.15, 0.2) is 0 Å². The van der Waals surface area contributed by atoms with Gasteiger partial charge in [0.1, 0.15) is 0 Å². The summed E-state index contributed by atoms with van der Waals surface area (Å²) >= 11 is 0. The van der Waals surface area contributed by atoms with Crippen LogP contribution in [0.1, 0.15) is 33.6 Å². The number of rotatable bonds is 11. The second-order valence-corrected chi connectivity index (χ2v) is 5.55. The van der Waals surface area contributed by atoms with Crippen LogP contribution in [-0.2, 0) is 9.47 Å². The van der Waals surface area contributed by atoms with Gasteiger partial charge in [0.25, 0.3) is 0 Å². The third-order valence-electron chi connectivity index (χ3n) is 3.87. The molecule has 1 unspecified atom stereocenters. The van der Waals surface area contributed by atoms with Gasteiger partial charge in [-0.3, -0.25) is 0 Å². The van der Waals surface area contributed by atoms with Crippen molar-refractivity contribution in [2.45, 2.75) is 33.6 Å². The quantitative estimate of drug-likeness (QED) is 0.581. The Balaban J connectivity index is 2.40. The average molecular weight is 272 g/mol. The molecule has 0 aromatic heterocycles. The molecule has 0 spiro atoms. The number of nitrogens with one attached hydrogen (secondary N) is 1. The molecule has 1 atom stereocenters. The van der Waals surface area contributed by atoms with Gasteiger partial charge in [0, 0.05) is 38.3 Å². The van der Waals surface area contributed by atoms with E-state index in [1.54, 1.807) is 0 Å². The van der Waals surface area contributed by atoms with Crippen LogP contribution in [0.2, 0.25) is 0 Å². The van der Waals surface area contributed by atoms with Gasteiger partial charge in [-0.15, -0.1) is 0 Å². The van der Waals surface area contributed by atoms with Crippen molar-refractivity contribution in [2.75, 3.05) is 59.2 Å². The van der Waals surface area contributed by atoms with E-state index in [4.69, 9.17) is 9.47 Å². The molecule has 0 saturated carbocycles. The highest BCUT2D eigenvalue weighted by Crippen LogP contribution is 2.29. The largest absolute Gasteiger partial charge is 0.381 e. The number of hydrogen-bond acceptors (Lipinski definition) is 4. The summed E-state index contributed by atoms with van der Waals surface area (Å²) < 4.78 is 11.1. The normalized spacial score (nSPS) is 23.4. The smallest absolute Gasteiger partial charge is 0.0593 e. The molecular formula is C15H32N2O2. The SMILES string of the molecule is CCCNCC1(CN(CC)CCOCC)CCOC1. The molecule has 4 nitrogen and oxygen atoms in total. The molecule has 1 N–H and O–H groups in total. The second-order valence-electron chi connectivity index (χ2n) is 5.55. The predicted octanol–water partition coefficient (Wildman–Crippen LogP) is 1.75. The Hall–Kier alpha value is -0.160. The van der Waals surface area contributed by atoms with Crippen molar-refractivity contribution in [1.29, 1.82) is 0 Å². The van der Waals surface area contributed by atoms with Crippen LogP contribution >= 0.6 is 0 Å². The summed E-state index contributed by atoms with van der Waals surface area (Å²) in [6, 6.07) is 0. The number of ether oxygens (including phenoxy) is 2. The van der Waals surface area contributed by atoms with Crippen molar-refractivity contribution in [3.8, 4) is 0 Å². The summed E-state index contributed by atoms with van der Waals surface area (Å²) in [4.78, 5) is 2.50. The van der Waals surface area contributed by atoms with Crippen LogP contribution < -0.4 is 5.32 Å². The molecule has 0 aromatic rings. The van der Waals surface area contributed by atoms with E-state index >= 15 is 0 Å². The molecule has 0 aliphatic carbocycles. The molecular weight excluding hydrogens is 240 g/mol. The van der Waals surface area contributed by atoms with Crippen molar-refractivity contribution in [3.63, 3.8) is 0 Å². The Bertz CT molecular complexity index is 218. The summed E-state index contributed by atoms with van der Waals surface area (Å²) in [5.74, 6) is 0. The van der Waals surface area contributed by atoms with Crippen molar-refractivity contribution >= 4 is 0 Å². The summed E-state index contributed by atoms with van der Waals surface area (Å²) in [7, 11) is 0. The van der Waals surface area contributed by atoms with Gasteiger partial charge in [0.15, 0.2) is 0 Å². The highest BCUT2D eigenvalue weighted by atomic mass is 16.5. The molecule has 19 heavy (non-hydrogen) atoms. The van der Waals surface area contributed by atoms with E-state index in [2.05, 4.69) is 31.0 Å². The van der Waals surface area contributed by atoms with Gasteiger partial charge in [-0.05, 0) is 32.9 Å². The van der Waals surface area contributed by atoms with Gasteiger partial charge < -0.3 is 19.7 Å². The maximum absolute atomic E-state index is 5.66. The van der Waals surface area contributed by atoms with Gasteiger partial charge in [-0.2, -0.15) is 0 Å². The molecule has 1 fully saturated rings.